The molecular formula is C16H18N2O3. The molecule has 5 heteroatoms. The van der Waals surface area contributed by atoms with E-state index in [1.54, 1.807) is 0 Å². The van der Waals surface area contributed by atoms with Gasteiger partial charge >= 0.3 is 5.97 Å². The van der Waals surface area contributed by atoms with Gasteiger partial charge in [-0.25, -0.2) is 0 Å². The van der Waals surface area contributed by atoms with E-state index < -0.39 is 11.5 Å². The van der Waals surface area contributed by atoms with E-state index in [9.17, 15) is 9.59 Å². The number of nitrogens with one attached hydrogen (secondary N) is 1. The minimum atomic E-state index is -0.870. The molecule has 3 aliphatic heterocycles. The van der Waals surface area contributed by atoms with E-state index in [1.165, 1.54) is 7.11 Å². The molecule has 110 valence electrons. The lowest BCUT2D eigenvalue weighted by atomic mass is 9.79. The first kappa shape index (κ1) is 12.8. The molecule has 1 spiro atoms. The normalized spacial score (nSPS) is 33.9. The molecule has 0 aliphatic carbocycles. The number of amides is 1. The molecule has 0 bridgehead atoms. The Morgan fingerprint density at radius 2 is 2.24 bits per heavy atom. The van der Waals surface area contributed by atoms with Gasteiger partial charge in [0, 0.05) is 17.3 Å². The van der Waals surface area contributed by atoms with Crippen LogP contribution in [0.2, 0.25) is 0 Å². The second-order valence-electron chi connectivity index (χ2n) is 6.07. The quantitative estimate of drug-likeness (QED) is 0.795. The van der Waals surface area contributed by atoms with Crippen LogP contribution in [0.1, 0.15) is 24.8 Å². The Morgan fingerprint density at radius 1 is 1.43 bits per heavy atom. The Kier molecular flexibility index (Phi) is 2.63. The first-order valence-corrected chi connectivity index (χ1v) is 7.45. The van der Waals surface area contributed by atoms with Crippen molar-refractivity contribution in [3.8, 4) is 0 Å². The van der Waals surface area contributed by atoms with Crippen molar-refractivity contribution in [2.75, 3.05) is 19.0 Å². The number of methoxy groups -OCH3 is 1. The Balaban J connectivity index is 1.93. The van der Waals surface area contributed by atoms with Crippen LogP contribution < -0.4 is 5.32 Å². The van der Waals surface area contributed by atoms with E-state index in [0.717, 1.165) is 30.6 Å². The molecule has 0 aromatic heterocycles. The van der Waals surface area contributed by atoms with E-state index in [0.29, 0.717) is 12.5 Å². The van der Waals surface area contributed by atoms with Gasteiger partial charge in [-0.2, -0.15) is 0 Å². The van der Waals surface area contributed by atoms with Crippen LogP contribution in [0.3, 0.4) is 0 Å². The van der Waals surface area contributed by atoms with Gasteiger partial charge in [0.05, 0.1) is 13.0 Å². The SMILES string of the molecule is COC(=O)[C@@H]1C[C@@H]2CCCN2[C@]12C(=O)Nc1ccccc12. The Morgan fingerprint density at radius 3 is 3.05 bits per heavy atom. The molecule has 2 saturated heterocycles. The highest BCUT2D eigenvalue weighted by Crippen LogP contribution is 2.55. The van der Waals surface area contributed by atoms with Gasteiger partial charge in [-0.05, 0) is 31.9 Å². The minimum Gasteiger partial charge on any atom is -0.469 e. The van der Waals surface area contributed by atoms with Crippen molar-refractivity contribution >= 4 is 17.6 Å². The van der Waals surface area contributed by atoms with Crippen LogP contribution in [0, 0.1) is 5.92 Å². The van der Waals surface area contributed by atoms with Crippen molar-refractivity contribution in [1.82, 2.24) is 4.90 Å². The highest BCUT2D eigenvalue weighted by atomic mass is 16.5. The van der Waals surface area contributed by atoms with Crippen LogP contribution in [0.5, 0.6) is 0 Å². The fraction of sp³-hybridized carbons (Fsp3) is 0.500. The lowest BCUT2D eigenvalue weighted by molar-refractivity contribution is -0.152. The van der Waals surface area contributed by atoms with Crippen molar-refractivity contribution in [1.29, 1.82) is 0 Å². The maximum Gasteiger partial charge on any atom is 0.311 e. The third-order valence-corrected chi connectivity index (χ3v) is 5.26. The number of hydrogen-bond acceptors (Lipinski definition) is 4. The van der Waals surface area contributed by atoms with Crippen LogP contribution in [0.4, 0.5) is 5.69 Å². The van der Waals surface area contributed by atoms with E-state index in [4.69, 9.17) is 4.74 Å². The average molecular weight is 286 g/mol. The van der Waals surface area contributed by atoms with Crippen LogP contribution in [0.15, 0.2) is 24.3 Å². The monoisotopic (exact) mass is 286 g/mol. The van der Waals surface area contributed by atoms with Crippen LogP contribution in [-0.4, -0.2) is 36.5 Å². The summed E-state index contributed by atoms with van der Waals surface area (Å²) >= 11 is 0. The summed E-state index contributed by atoms with van der Waals surface area (Å²) in [7, 11) is 1.40. The summed E-state index contributed by atoms with van der Waals surface area (Å²) in [5.41, 5.74) is 0.879. The van der Waals surface area contributed by atoms with Crippen molar-refractivity contribution in [2.24, 2.45) is 5.92 Å². The predicted octanol–water partition coefficient (Wildman–Crippen LogP) is 1.49. The number of anilines is 1. The summed E-state index contributed by atoms with van der Waals surface area (Å²) < 4.78 is 5.00. The van der Waals surface area contributed by atoms with E-state index in [2.05, 4.69) is 10.2 Å². The minimum absolute atomic E-state index is 0.0801. The van der Waals surface area contributed by atoms with Gasteiger partial charge in [-0.1, -0.05) is 18.2 Å². The summed E-state index contributed by atoms with van der Waals surface area (Å²) in [4.78, 5) is 27.4. The predicted molar refractivity (Wildman–Crippen MR) is 76.6 cm³/mol. The molecule has 0 saturated carbocycles. The lowest BCUT2D eigenvalue weighted by Crippen LogP contribution is -2.52. The fourth-order valence-corrected chi connectivity index (χ4v) is 4.49. The highest BCUT2D eigenvalue weighted by molar-refractivity contribution is 6.08. The Labute approximate surface area is 123 Å². The smallest absolute Gasteiger partial charge is 0.311 e. The lowest BCUT2D eigenvalue weighted by Gasteiger charge is -2.35. The average Bonchev–Trinajstić information content (AvgIpc) is 3.13. The van der Waals surface area contributed by atoms with Gasteiger partial charge in [0.1, 0.15) is 5.54 Å². The zero-order valence-corrected chi connectivity index (χ0v) is 12.0. The molecular weight excluding hydrogens is 268 g/mol. The third-order valence-electron chi connectivity index (χ3n) is 5.26. The van der Waals surface area contributed by atoms with Crippen molar-refractivity contribution in [3.63, 3.8) is 0 Å². The molecule has 5 nitrogen and oxygen atoms in total. The Bertz CT molecular complexity index is 630. The van der Waals surface area contributed by atoms with Crippen LogP contribution >= 0.6 is 0 Å². The van der Waals surface area contributed by atoms with Crippen LogP contribution in [-0.2, 0) is 19.9 Å². The molecule has 1 aromatic rings. The summed E-state index contributed by atoms with van der Waals surface area (Å²) in [5.74, 6) is -0.781. The van der Waals surface area contributed by atoms with Gasteiger partial charge < -0.3 is 10.1 Å². The van der Waals surface area contributed by atoms with E-state index >= 15 is 0 Å². The van der Waals surface area contributed by atoms with Gasteiger partial charge in [-0.15, -0.1) is 0 Å². The maximum atomic E-state index is 12.9. The molecule has 3 aliphatic rings. The number of para-hydroxylation sites is 1. The number of ether oxygens (including phenoxy) is 1. The number of carbonyl (C=O) groups is 2. The molecule has 4 rings (SSSR count). The summed E-state index contributed by atoms with van der Waals surface area (Å²) in [5, 5.41) is 2.96. The molecule has 3 heterocycles. The molecule has 3 atom stereocenters. The molecule has 1 N–H and O–H groups in total. The molecule has 0 radical (unpaired) electrons. The maximum absolute atomic E-state index is 12.9. The molecule has 1 amide bonds. The number of rotatable bonds is 1. The third kappa shape index (κ3) is 1.44. The number of fused-ring (bicyclic) bond motifs is 4. The first-order chi connectivity index (χ1) is 10.2. The zero-order valence-electron chi connectivity index (χ0n) is 12.0. The number of benzene rings is 1. The van der Waals surface area contributed by atoms with E-state index in [-0.39, 0.29) is 11.9 Å². The number of nitrogens with zero attached hydrogens (tertiary/aromatic N) is 1. The number of hydrogen-bond donors (Lipinski definition) is 1. The van der Waals surface area contributed by atoms with Gasteiger partial charge in [0.25, 0.3) is 5.91 Å². The van der Waals surface area contributed by atoms with Crippen molar-refractivity contribution in [3.05, 3.63) is 29.8 Å². The summed E-state index contributed by atoms with van der Waals surface area (Å²) in [6, 6.07) is 8.00. The van der Waals surface area contributed by atoms with Crippen LogP contribution in [0.25, 0.3) is 0 Å². The number of carbonyl (C=O) groups excluding carboxylic acids is 2. The standard InChI is InChI=1S/C16H18N2O3/c1-21-14(19)12-9-10-5-4-8-18(10)16(12)11-6-2-3-7-13(11)17-15(16)20/h2-3,6-7,10,12H,4-5,8-9H2,1H3,(H,17,20)/t10-,12-,16-/m0/s1. The zero-order chi connectivity index (χ0) is 14.6. The Hall–Kier alpha value is -1.88. The molecule has 1 aromatic carbocycles. The number of esters is 1. The largest absolute Gasteiger partial charge is 0.469 e. The fourth-order valence-electron chi connectivity index (χ4n) is 4.49. The van der Waals surface area contributed by atoms with Gasteiger partial charge in [0.15, 0.2) is 0 Å². The topological polar surface area (TPSA) is 58.6 Å². The summed E-state index contributed by atoms with van der Waals surface area (Å²) in [6.07, 6.45) is 2.83. The van der Waals surface area contributed by atoms with Gasteiger partial charge in [-0.3, -0.25) is 14.5 Å². The molecule has 2 fully saturated rings. The van der Waals surface area contributed by atoms with Gasteiger partial charge in [0.2, 0.25) is 0 Å². The highest BCUT2D eigenvalue weighted by Gasteiger charge is 2.65. The second-order valence-corrected chi connectivity index (χ2v) is 6.07. The van der Waals surface area contributed by atoms with Crippen molar-refractivity contribution in [2.45, 2.75) is 30.8 Å². The molecule has 0 unspecified atom stereocenters. The molecule has 21 heavy (non-hydrogen) atoms. The van der Waals surface area contributed by atoms with Crippen molar-refractivity contribution < 1.29 is 14.3 Å². The second kappa shape index (κ2) is 4.31. The van der Waals surface area contributed by atoms with E-state index in [1.807, 2.05) is 24.3 Å². The first-order valence-electron chi connectivity index (χ1n) is 7.45. The summed E-state index contributed by atoms with van der Waals surface area (Å²) in [6.45, 7) is 0.861.